The monoisotopic (exact) mass is 263 g/mol. The Balaban J connectivity index is 1.98. The molecular weight excluding hydrogens is 242 g/mol. The molecule has 1 amide bonds. The summed E-state index contributed by atoms with van der Waals surface area (Å²) in [4.78, 5) is 17.4. The Kier molecular flexibility index (Phi) is 4.43. The number of rotatable bonds is 5. The van der Waals surface area contributed by atoms with Crippen LogP contribution < -0.4 is 0 Å². The maximum Gasteiger partial charge on any atom is 0.434 e. The number of amides is 1. The molecule has 1 fully saturated rings. The fourth-order valence-electron chi connectivity index (χ4n) is 2.25. The Morgan fingerprint density at radius 3 is 2.63 bits per heavy atom. The maximum atomic E-state index is 11.8. The van der Waals surface area contributed by atoms with Gasteiger partial charge in [-0.2, -0.15) is 5.06 Å². The van der Waals surface area contributed by atoms with Gasteiger partial charge in [0.2, 0.25) is 0 Å². The normalized spacial score (nSPS) is 22.9. The minimum Gasteiger partial charge on any atom is -0.443 e. The van der Waals surface area contributed by atoms with Crippen LogP contribution in [0.4, 0.5) is 4.79 Å². The standard InChI is InChI=1S/C15H21NO3/c1-11(2)9-14-12(3)19-15(17)16(14)18-10-13-7-5-4-6-8-13/h4-8,11-12,14H,9-10H2,1-3H3/t12-,14+/m0/s1. The minimum absolute atomic E-state index is 0.00351. The number of carbonyl (C=O) groups excluding carboxylic acids is 1. The highest BCUT2D eigenvalue weighted by atomic mass is 16.7. The second-order valence-corrected chi connectivity index (χ2v) is 5.37. The maximum absolute atomic E-state index is 11.8. The number of carbonyl (C=O) groups is 1. The van der Waals surface area contributed by atoms with Crippen LogP contribution in [0.2, 0.25) is 0 Å². The molecule has 4 nitrogen and oxygen atoms in total. The van der Waals surface area contributed by atoms with E-state index in [9.17, 15) is 4.79 Å². The number of hydrogen-bond donors (Lipinski definition) is 0. The zero-order valence-electron chi connectivity index (χ0n) is 11.7. The molecule has 1 aliphatic heterocycles. The summed E-state index contributed by atoms with van der Waals surface area (Å²) in [5.74, 6) is 0.491. The second-order valence-electron chi connectivity index (χ2n) is 5.37. The molecule has 1 saturated heterocycles. The van der Waals surface area contributed by atoms with E-state index in [4.69, 9.17) is 9.57 Å². The third-order valence-electron chi connectivity index (χ3n) is 3.24. The van der Waals surface area contributed by atoms with E-state index >= 15 is 0 Å². The summed E-state index contributed by atoms with van der Waals surface area (Å²) in [6.45, 7) is 6.56. The topological polar surface area (TPSA) is 38.8 Å². The van der Waals surface area contributed by atoms with Crippen LogP contribution in [0.25, 0.3) is 0 Å². The molecule has 2 atom stereocenters. The van der Waals surface area contributed by atoms with Gasteiger partial charge in [0.15, 0.2) is 0 Å². The lowest BCUT2D eigenvalue weighted by Gasteiger charge is -2.23. The molecule has 0 N–H and O–H groups in total. The molecule has 1 aromatic rings. The number of hydrogen-bond acceptors (Lipinski definition) is 3. The summed E-state index contributed by atoms with van der Waals surface area (Å²) in [6, 6.07) is 9.81. The molecule has 1 aromatic carbocycles. The zero-order valence-corrected chi connectivity index (χ0v) is 11.7. The highest BCUT2D eigenvalue weighted by Crippen LogP contribution is 2.25. The van der Waals surface area contributed by atoms with Crippen molar-refractivity contribution in [2.75, 3.05) is 0 Å². The minimum atomic E-state index is -0.380. The van der Waals surface area contributed by atoms with Gasteiger partial charge < -0.3 is 4.74 Å². The quantitative estimate of drug-likeness (QED) is 0.817. The van der Waals surface area contributed by atoms with Gasteiger partial charge in [-0.3, -0.25) is 4.84 Å². The van der Waals surface area contributed by atoms with Crippen molar-refractivity contribution < 1.29 is 14.4 Å². The van der Waals surface area contributed by atoms with Gasteiger partial charge >= 0.3 is 6.09 Å². The van der Waals surface area contributed by atoms with E-state index in [1.165, 1.54) is 5.06 Å². The van der Waals surface area contributed by atoms with E-state index in [0.717, 1.165) is 12.0 Å². The van der Waals surface area contributed by atoms with Crippen LogP contribution in [0.3, 0.4) is 0 Å². The summed E-state index contributed by atoms with van der Waals surface area (Å²) < 4.78 is 5.24. The SMILES string of the molecule is CC(C)C[C@@H]1[C@H](C)OC(=O)N1OCc1ccccc1. The van der Waals surface area contributed by atoms with E-state index in [1.807, 2.05) is 37.3 Å². The van der Waals surface area contributed by atoms with Gasteiger partial charge in [0.25, 0.3) is 0 Å². The predicted molar refractivity (Wildman–Crippen MR) is 72.3 cm³/mol. The van der Waals surface area contributed by atoms with Crippen LogP contribution in [0, 0.1) is 5.92 Å². The van der Waals surface area contributed by atoms with E-state index in [1.54, 1.807) is 0 Å². The highest BCUT2D eigenvalue weighted by Gasteiger charge is 2.40. The Labute approximate surface area is 114 Å². The van der Waals surface area contributed by atoms with E-state index in [-0.39, 0.29) is 18.2 Å². The van der Waals surface area contributed by atoms with Crippen molar-refractivity contribution in [3.05, 3.63) is 35.9 Å². The number of benzene rings is 1. The average Bonchev–Trinajstić information content (AvgIpc) is 2.63. The molecule has 1 heterocycles. The second kappa shape index (κ2) is 6.06. The predicted octanol–water partition coefficient (Wildman–Crippen LogP) is 3.37. The molecule has 0 aromatic heterocycles. The van der Waals surface area contributed by atoms with Crippen LogP contribution in [0.5, 0.6) is 0 Å². The number of nitrogens with zero attached hydrogens (tertiary/aromatic N) is 1. The lowest BCUT2D eigenvalue weighted by atomic mass is 10.0. The van der Waals surface area contributed by atoms with Crippen LogP contribution in [-0.4, -0.2) is 23.3 Å². The molecule has 0 saturated carbocycles. The first-order valence-corrected chi connectivity index (χ1v) is 6.74. The van der Waals surface area contributed by atoms with Crippen LogP contribution >= 0.6 is 0 Å². The van der Waals surface area contributed by atoms with Crippen LogP contribution in [0.1, 0.15) is 32.8 Å². The first-order chi connectivity index (χ1) is 9.08. The van der Waals surface area contributed by atoms with Gasteiger partial charge in [-0.15, -0.1) is 0 Å². The summed E-state index contributed by atoms with van der Waals surface area (Å²) >= 11 is 0. The van der Waals surface area contributed by atoms with Crippen LogP contribution in [-0.2, 0) is 16.2 Å². The molecular formula is C15H21NO3. The summed E-state index contributed by atoms with van der Waals surface area (Å²) in [5.41, 5.74) is 1.04. The molecule has 0 unspecified atom stereocenters. The first kappa shape index (κ1) is 13.9. The molecule has 0 radical (unpaired) electrons. The molecule has 4 heteroatoms. The van der Waals surface area contributed by atoms with Gasteiger partial charge in [0.1, 0.15) is 18.8 Å². The van der Waals surface area contributed by atoms with Gasteiger partial charge in [-0.05, 0) is 24.8 Å². The molecule has 0 bridgehead atoms. The van der Waals surface area contributed by atoms with Crippen molar-refractivity contribution in [1.29, 1.82) is 0 Å². The lowest BCUT2D eigenvalue weighted by molar-refractivity contribution is -0.146. The van der Waals surface area contributed by atoms with Crippen molar-refractivity contribution in [1.82, 2.24) is 5.06 Å². The Hall–Kier alpha value is -1.55. The third-order valence-corrected chi connectivity index (χ3v) is 3.24. The summed E-state index contributed by atoms with van der Waals surface area (Å²) in [5, 5.41) is 1.40. The van der Waals surface area contributed by atoms with Crippen molar-refractivity contribution in [2.45, 2.75) is 45.9 Å². The molecule has 0 aliphatic carbocycles. The lowest BCUT2D eigenvalue weighted by Crippen LogP contribution is -2.36. The number of cyclic esters (lactones) is 1. The first-order valence-electron chi connectivity index (χ1n) is 6.74. The smallest absolute Gasteiger partial charge is 0.434 e. The van der Waals surface area contributed by atoms with Crippen LogP contribution in [0.15, 0.2) is 30.3 Å². The average molecular weight is 263 g/mol. The summed E-state index contributed by atoms with van der Waals surface area (Å²) in [7, 11) is 0. The molecule has 1 aliphatic rings. The van der Waals surface area contributed by atoms with E-state index in [2.05, 4.69) is 13.8 Å². The Morgan fingerprint density at radius 2 is 2.00 bits per heavy atom. The van der Waals surface area contributed by atoms with Crippen molar-refractivity contribution in [2.24, 2.45) is 5.92 Å². The Bertz CT molecular complexity index is 419. The van der Waals surface area contributed by atoms with E-state index in [0.29, 0.717) is 12.5 Å². The van der Waals surface area contributed by atoms with Gasteiger partial charge in [-0.1, -0.05) is 44.2 Å². The fraction of sp³-hybridized carbons (Fsp3) is 0.533. The number of ether oxygens (including phenoxy) is 1. The van der Waals surface area contributed by atoms with Gasteiger partial charge in [-0.25, -0.2) is 4.79 Å². The van der Waals surface area contributed by atoms with Crippen molar-refractivity contribution in [3.8, 4) is 0 Å². The molecule has 0 spiro atoms. The fourth-order valence-corrected chi connectivity index (χ4v) is 2.25. The molecule has 19 heavy (non-hydrogen) atoms. The van der Waals surface area contributed by atoms with Crippen molar-refractivity contribution in [3.63, 3.8) is 0 Å². The third kappa shape index (κ3) is 3.47. The van der Waals surface area contributed by atoms with Gasteiger partial charge in [0.05, 0.1) is 0 Å². The van der Waals surface area contributed by atoms with E-state index < -0.39 is 0 Å². The zero-order chi connectivity index (χ0) is 13.8. The van der Waals surface area contributed by atoms with Crippen molar-refractivity contribution >= 4 is 6.09 Å². The molecule has 2 rings (SSSR count). The highest BCUT2D eigenvalue weighted by molar-refractivity contribution is 5.69. The Morgan fingerprint density at radius 1 is 1.32 bits per heavy atom. The summed E-state index contributed by atoms with van der Waals surface area (Å²) in [6.07, 6.45) is 0.376. The molecule has 104 valence electrons. The number of hydroxylamine groups is 2. The van der Waals surface area contributed by atoms with Gasteiger partial charge in [0, 0.05) is 0 Å². The largest absolute Gasteiger partial charge is 0.443 e.